The fourth-order valence-electron chi connectivity index (χ4n) is 3.03. The fourth-order valence-corrected chi connectivity index (χ4v) is 3.03. The Morgan fingerprint density at radius 1 is 1.25 bits per heavy atom. The number of aromatic nitrogens is 3. The van der Waals surface area contributed by atoms with E-state index in [1.807, 2.05) is 30.3 Å². The molecule has 1 atom stereocenters. The van der Waals surface area contributed by atoms with Crippen LogP contribution in [0.2, 0.25) is 0 Å². The van der Waals surface area contributed by atoms with Gasteiger partial charge in [-0.15, -0.1) is 0 Å². The van der Waals surface area contributed by atoms with Gasteiger partial charge in [-0.3, -0.25) is 0 Å². The molecule has 4 rings (SSSR count). The summed E-state index contributed by atoms with van der Waals surface area (Å²) in [6.07, 6.45) is 1.53. The molecule has 120 valence electrons. The Kier molecular flexibility index (Phi) is 3.02. The molecular weight excluding hydrogens is 308 g/mol. The maximum atomic E-state index is 11.4. The van der Waals surface area contributed by atoms with Gasteiger partial charge in [-0.05, 0) is 29.8 Å². The minimum absolute atomic E-state index is 0.00670. The summed E-state index contributed by atoms with van der Waals surface area (Å²) < 4.78 is 1.59. The molecule has 0 amide bonds. The van der Waals surface area contributed by atoms with Gasteiger partial charge in [0, 0.05) is 5.56 Å². The van der Waals surface area contributed by atoms with Crippen molar-refractivity contribution in [1.29, 1.82) is 0 Å². The van der Waals surface area contributed by atoms with E-state index in [9.17, 15) is 15.0 Å². The Labute approximate surface area is 136 Å². The Hall–Kier alpha value is -3.35. The first-order valence-electron chi connectivity index (χ1n) is 7.40. The van der Waals surface area contributed by atoms with Crippen molar-refractivity contribution in [1.82, 2.24) is 14.8 Å². The second-order valence-corrected chi connectivity index (χ2v) is 5.60. The molecular formula is C17H14N4O3. The molecule has 2 heterocycles. The number of phenols is 1. The molecule has 24 heavy (non-hydrogen) atoms. The molecule has 3 N–H and O–H groups in total. The Morgan fingerprint density at radius 3 is 2.83 bits per heavy atom. The predicted octanol–water partition coefficient (Wildman–Crippen LogP) is 2.43. The van der Waals surface area contributed by atoms with E-state index in [1.165, 1.54) is 6.08 Å². The first-order chi connectivity index (χ1) is 11.5. The molecule has 0 bridgehead atoms. The van der Waals surface area contributed by atoms with Gasteiger partial charge in [0.15, 0.2) is 0 Å². The number of aromatic hydroxyl groups is 1. The molecule has 0 fully saturated rings. The van der Waals surface area contributed by atoms with Gasteiger partial charge >= 0.3 is 5.97 Å². The van der Waals surface area contributed by atoms with Gasteiger partial charge in [-0.25, -0.2) is 9.48 Å². The average molecular weight is 322 g/mol. The highest BCUT2D eigenvalue weighted by Gasteiger charge is 2.29. The Bertz CT molecular complexity index is 1010. The van der Waals surface area contributed by atoms with Crippen molar-refractivity contribution < 1.29 is 15.0 Å². The highest BCUT2D eigenvalue weighted by molar-refractivity contribution is 5.92. The smallest absolute Gasteiger partial charge is 0.352 e. The number of anilines is 1. The molecule has 2 aromatic carbocycles. The minimum atomic E-state index is -1.09. The number of nitrogens with zero attached hydrogens (tertiary/aromatic N) is 3. The highest BCUT2D eigenvalue weighted by Crippen LogP contribution is 2.38. The minimum Gasteiger partial charge on any atom is -0.508 e. The third-order valence-corrected chi connectivity index (χ3v) is 4.05. The van der Waals surface area contributed by atoms with Crippen LogP contribution in [-0.4, -0.2) is 30.9 Å². The number of phenolic OH excluding ortho intramolecular Hbond substituents is 1. The second-order valence-electron chi connectivity index (χ2n) is 5.60. The average Bonchev–Trinajstić information content (AvgIpc) is 2.94. The normalized spacial score (nSPS) is 16.4. The topological polar surface area (TPSA) is 100 Å². The van der Waals surface area contributed by atoms with E-state index in [2.05, 4.69) is 15.4 Å². The van der Waals surface area contributed by atoms with Crippen LogP contribution in [0, 0.1) is 6.92 Å². The fraction of sp³-hybridized carbons (Fsp3) is 0.118. The molecule has 0 radical (unpaired) electrons. The van der Waals surface area contributed by atoms with E-state index >= 15 is 0 Å². The van der Waals surface area contributed by atoms with E-state index < -0.39 is 12.0 Å². The summed E-state index contributed by atoms with van der Waals surface area (Å²) in [7, 11) is 0. The van der Waals surface area contributed by atoms with Crippen molar-refractivity contribution in [3.8, 4) is 5.75 Å². The molecule has 7 heteroatoms. The van der Waals surface area contributed by atoms with Crippen molar-refractivity contribution in [2.45, 2.75) is 13.0 Å². The monoisotopic (exact) mass is 322 g/mol. The molecule has 1 aromatic heterocycles. The lowest BCUT2D eigenvalue weighted by Crippen LogP contribution is -2.24. The van der Waals surface area contributed by atoms with E-state index in [0.717, 1.165) is 10.8 Å². The van der Waals surface area contributed by atoms with Gasteiger partial charge in [0.25, 0.3) is 0 Å². The molecule has 1 aliphatic rings. The SMILES string of the molecule is Cc1nc2n(n1)[C@H](c1c(O)ccc3ccccc13)C=C(C(=O)O)N2. The maximum Gasteiger partial charge on any atom is 0.352 e. The van der Waals surface area contributed by atoms with Crippen molar-refractivity contribution >= 4 is 22.7 Å². The Morgan fingerprint density at radius 2 is 2.04 bits per heavy atom. The molecule has 7 nitrogen and oxygen atoms in total. The van der Waals surface area contributed by atoms with Crippen LogP contribution in [0.15, 0.2) is 48.2 Å². The highest BCUT2D eigenvalue weighted by atomic mass is 16.4. The largest absolute Gasteiger partial charge is 0.508 e. The number of carboxylic acid groups (broad SMARTS) is 1. The second kappa shape index (κ2) is 5.09. The van der Waals surface area contributed by atoms with Crippen molar-refractivity contribution in [2.75, 3.05) is 5.32 Å². The van der Waals surface area contributed by atoms with Crippen molar-refractivity contribution in [3.63, 3.8) is 0 Å². The number of allylic oxidation sites excluding steroid dienone is 1. The maximum absolute atomic E-state index is 11.4. The molecule has 1 aliphatic heterocycles. The van der Waals surface area contributed by atoms with Crippen LogP contribution in [0.4, 0.5) is 5.95 Å². The lowest BCUT2D eigenvalue weighted by atomic mass is 9.96. The molecule has 0 aliphatic carbocycles. The number of fused-ring (bicyclic) bond motifs is 2. The first-order valence-corrected chi connectivity index (χ1v) is 7.40. The van der Waals surface area contributed by atoms with Crippen LogP contribution in [0.5, 0.6) is 5.75 Å². The number of carboxylic acids is 1. The number of hydrogen-bond acceptors (Lipinski definition) is 5. The zero-order valence-electron chi connectivity index (χ0n) is 12.8. The lowest BCUT2D eigenvalue weighted by molar-refractivity contribution is -0.132. The first kappa shape index (κ1) is 14.3. The summed E-state index contributed by atoms with van der Waals surface area (Å²) in [4.78, 5) is 15.7. The van der Waals surface area contributed by atoms with Gasteiger partial charge in [0.1, 0.15) is 23.3 Å². The van der Waals surface area contributed by atoms with Crippen LogP contribution >= 0.6 is 0 Å². The van der Waals surface area contributed by atoms with Crippen molar-refractivity contribution in [3.05, 3.63) is 59.6 Å². The summed E-state index contributed by atoms with van der Waals surface area (Å²) >= 11 is 0. The summed E-state index contributed by atoms with van der Waals surface area (Å²) in [5, 5.41) is 28.7. The number of hydrogen-bond donors (Lipinski definition) is 3. The van der Waals surface area contributed by atoms with Crippen LogP contribution in [0.25, 0.3) is 10.8 Å². The van der Waals surface area contributed by atoms with Gasteiger partial charge in [-0.2, -0.15) is 10.1 Å². The Balaban J connectivity index is 2.01. The molecule has 0 unspecified atom stereocenters. The van der Waals surface area contributed by atoms with E-state index in [4.69, 9.17) is 0 Å². The summed E-state index contributed by atoms with van der Waals surface area (Å²) in [6, 6.07) is 10.5. The number of nitrogens with one attached hydrogen (secondary N) is 1. The predicted molar refractivity (Wildman–Crippen MR) is 87.9 cm³/mol. The number of carbonyl (C=O) groups is 1. The number of aliphatic carboxylic acids is 1. The standard InChI is InChI=1S/C17H14N4O3/c1-9-18-17-19-12(16(23)24)8-13(21(17)20-9)15-11-5-3-2-4-10(11)6-7-14(15)22/h2-8,13,22H,1H3,(H,23,24)(H,18,19,20)/t13-/m0/s1. The molecule has 0 spiro atoms. The summed E-state index contributed by atoms with van der Waals surface area (Å²) in [5.74, 6) is -0.153. The number of rotatable bonds is 2. The van der Waals surface area contributed by atoms with Crippen LogP contribution in [0.1, 0.15) is 17.4 Å². The quantitative estimate of drug-likeness (QED) is 0.670. The van der Waals surface area contributed by atoms with Gasteiger partial charge in [-0.1, -0.05) is 30.3 Å². The van der Waals surface area contributed by atoms with Gasteiger partial charge in [0.2, 0.25) is 5.95 Å². The zero-order chi connectivity index (χ0) is 16.8. The summed E-state index contributed by atoms with van der Waals surface area (Å²) in [6.45, 7) is 1.73. The number of aryl methyl sites for hydroxylation is 1. The van der Waals surface area contributed by atoms with E-state index in [0.29, 0.717) is 17.3 Å². The van der Waals surface area contributed by atoms with Crippen LogP contribution in [-0.2, 0) is 4.79 Å². The summed E-state index contributed by atoms with van der Waals surface area (Å²) in [5.41, 5.74) is 0.603. The van der Waals surface area contributed by atoms with Gasteiger partial charge in [0.05, 0.1) is 0 Å². The van der Waals surface area contributed by atoms with Gasteiger partial charge < -0.3 is 15.5 Å². The van der Waals surface area contributed by atoms with Crippen LogP contribution < -0.4 is 5.32 Å². The van der Waals surface area contributed by atoms with E-state index in [-0.39, 0.29) is 11.4 Å². The molecule has 0 saturated carbocycles. The third-order valence-electron chi connectivity index (χ3n) is 4.05. The molecule has 0 saturated heterocycles. The third kappa shape index (κ3) is 2.10. The van der Waals surface area contributed by atoms with E-state index in [1.54, 1.807) is 17.7 Å². The number of benzene rings is 2. The lowest BCUT2D eigenvalue weighted by Gasteiger charge is -2.24. The molecule has 3 aromatic rings. The van der Waals surface area contributed by atoms with Crippen LogP contribution in [0.3, 0.4) is 0 Å². The zero-order valence-corrected chi connectivity index (χ0v) is 12.8. The van der Waals surface area contributed by atoms with Crippen molar-refractivity contribution in [2.24, 2.45) is 0 Å².